The molecule has 86 valence electrons. The van der Waals surface area contributed by atoms with Crippen molar-refractivity contribution >= 4 is 11.6 Å². The summed E-state index contributed by atoms with van der Waals surface area (Å²) in [4.78, 5) is 7.06. The number of aromatic nitrogens is 2. The van der Waals surface area contributed by atoms with E-state index in [4.69, 9.17) is 0 Å². The van der Waals surface area contributed by atoms with Crippen LogP contribution in [0.2, 0.25) is 0 Å². The number of H-pyrrole nitrogens is 1. The van der Waals surface area contributed by atoms with Gasteiger partial charge in [0.1, 0.15) is 5.82 Å². The number of imidazole rings is 1. The number of allylic oxidation sites excluding steroid dienone is 1. The number of aromatic amines is 1. The largest absolute Gasteiger partial charge is 0.345 e. The molecule has 0 unspecified atom stereocenters. The van der Waals surface area contributed by atoms with E-state index in [-0.39, 0.29) is 5.82 Å². The Morgan fingerprint density at radius 2 is 2.24 bits per heavy atom. The molecule has 0 atom stereocenters. The summed E-state index contributed by atoms with van der Waals surface area (Å²) in [6, 6.07) is 5.06. The SMILES string of the molecule is Fc1ccc2c(c1)CCCC2=Cc1cnc[nH]1. The van der Waals surface area contributed by atoms with Crippen LogP contribution in [0.25, 0.3) is 11.6 Å². The molecule has 0 saturated carbocycles. The third-order valence-electron chi connectivity index (χ3n) is 3.15. The highest BCUT2D eigenvalue weighted by Crippen LogP contribution is 2.32. The number of aryl methyl sites for hydroxylation is 1. The first-order chi connectivity index (χ1) is 8.33. The van der Waals surface area contributed by atoms with E-state index in [1.165, 1.54) is 17.2 Å². The molecule has 1 heterocycles. The van der Waals surface area contributed by atoms with Crippen molar-refractivity contribution < 1.29 is 4.39 Å². The van der Waals surface area contributed by atoms with Crippen LogP contribution in [0.5, 0.6) is 0 Å². The second kappa shape index (κ2) is 4.17. The predicted octanol–water partition coefficient (Wildman–Crippen LogP) is 3.43. The summed E-state index contributed by atoms with van der Waals surface area (Å²) >= 11 is 0. The van der Waals surface area contributed by atoms with Crippen molar-refractivity contribution in [1.82, 2.24) is 9.97 Å². The number of benzene rings is 1. The fourth-order valence-corrected chi connectivity index (χ4v) is 2.37. The summed E-state index contributed by atoms with van der Waals surface area (Å²) in [7, 11) is 0. The summed E-state index contributed by atoms with van der Waals surface area (Å²) < 4.78 is 13.2. The molecule has 17 heavy (non-hydrogen) atoms. The minimum absolute atomic E-state index is 0.147. The van der Waals surface area contributed by atoms with E-state index in [1.54, 1.807) is 18.6 Å². The molecule has 1 aliphatic rings. The van der Waals surface area contributed by atoms with Gasteiger partial charge in [0.2, 0.25) is 0 Å². The van der Waals surface area contributed by atoms with E-state index in [2.05, 4.69) is 16.0 Å². The van der Waals surface area contributed by atoms with Crippen LogP contribution in [0.15, 0.2) is 30.7 Å². The Bertz CT molecular complexity index is 556. The van der Waals surface area contributed by atoms with Gasteiger partial charge in [-0.1, -0.05) is 6.07 Å². The number of fused-ring (bicyclic) bond motifs is 1. The maximum absolute atomic E-state index is 13.2. The summed E-state index contributed by atoms with van der Waals surface area (Å²) in [5.41, 5.74) is 4.54. The average Bonchev–Trinajstić information content (AvgIpc) is 2.82. The van der Waals surface area contributed by atoms with Gasteiger partial charge in [0.05, 0.1) is 18.2 Å². The molecule has 2 nitrogen and oxygen atoms in total. The van der Waals surface area contributed by atoms with Crippen LogP contribution in [0.4, 0.5) is 4.39 Å². The minimum atomic E-state index is -0.147. The Morgan fingerprint density at radius 1 is 1.29 bits per heavy atom. The van der Waals surface area contributed by atoms with Crippen LogP contribution in [0.1, 0.15) is 29.7 Å². The highest BCUT2D eigenvalue weighted by molar-refractivity contribution is 5.82. The van der Waals surface area contributed by atoms with Crippen molar-refractivity contribution in [3.05, 3.63) is 53.4 Å². The number of hydrogen-bond donors (Lipinski definition) is 1. The lowest BCUT2D eigenvalue weighted by Gasteiger charge is -2.18. The van der Waals surface area contributed by atoms with E-state index >= 15 is 0 Å². The summed E-state index contributed by atoms with van der Waals surface area (Å²) in [6.45, 7) is 0. The van der Waals surface area contributed by atoms with E-state index in [1.807, 2.05) is 6.07 Å². The minimum Gasteiger partial charge on any atom is -0.345 e. The molecule has 0 radical (unpaired) electrons. The van der Waals surface area contributed by atoms with E-state index in [0.29, 0.717) is 0 Å². The topological polar surface area (TPSA) is 28.7 Å². The van der Waals surface area contributed by atoms with Gasteiger partial charge < -0.3 is 4.98 Å². The molecule has 0 saturated heterocycles. The summed E-state index contributed by atoms with van der Waals surface area (Å²) in [5.74, 6) is -0.147. The van der Waals surface area contributed by atoms with Gasteiger partial charge in [-0.05, 0) is 54.2 Å². The van der Waals surface area contributed by atoms with Crippen LogP contribution < -0.4 is 0 Å². The second-order valence-electron chi connectivity index (χ2n) is 4.33. The molecule has 3 heteroatoms. The Labute approximate surface area is 99.2 Å². The number of halogens is 1. The number of hydrogen-bond acceptors (Lipinski definition) is 1. The van der Waals surface area contributed by atoms with Gasteiger partial charge in [0.15, 0.2) is 0 Å². The van der Waals surface area contributed by atoms with Crippen molar-refractivity contribution in [2.45, 2.75) is 19.3 Å². The first kappa shape index (κ1) is 10.3. The third kappa shape index (κ3) is 2.00. The molecule has 0 spiro atoms. The van der Waals surface area contributed by atoms with Crippen molar-refractivity contribution in [3.63, 3.8) is 0 Å². The first-order valence-electron chi connectivity index (χ1n) is 5.81. The standard InChI is InChI=1S/C14H13FN2/c15-12-4-5-14-10(6-12)2-1-3-11(14)7-13-8-16-9-17-13/h4-9H,1-3H2,(H,16,17). The smallest absolute Gasteiger partial charge is 0.123 e. The number of nitrogens with one attached hydrogen (secondary N) is 1. The second-order valence-corrected chi connectivity index (χ2v) is 4.33. The zero-order valence-electron chi connectivity index (χ0n) is 9.41. The fourth-order valence-electron chi connectivity index (χ4n) is 2.37. The fraction of sp³-hybridized carbons (Fsp3) is 0.214. The van der Waals surface area contributed by atoms with Gasteiger partial charge >= 0.3 is 0 Å². The summed E-state index contributed by atoms with van der Waals surface area (Å²) in [6.07, 6.45) is 8.65. The molecule has 2 aromatic rings. The van der Waals surface area contributed by atoms with Crippen molar-refractivity contribution in [3.8, 4) is 0 Å². The molecule has 0 bridgehead atoms. The number of rotatable bonds is 1. The molecule has 3 rings (SSSR count). The van der Waals surface area contributed by atoms with E-state index in [9.17, 15) is 4.39 Å². The van der Waals surface area contributed by atoms with Crippen LogP contribution >= 0.6 is 0 Å². The van der Waals surface area contributed by atoms with Crippen LogP contribution in [-0.4, -0.2) is 9.97 Å². The van der Waals surface area contributed by atoms with Crippen LogP contribution in [0, 0.1) is 5.82 Å². The first-order valence-corrected chi connectivity index (χ1v) is 5.81. The normalized spacial score (nSPS) is 17.1. The molecular formula is C14H13FN2. The zero-order chi connectivity index (χ0) is 11.7. The molecule has 0 amide bonds. The lowest BCUT2D eigenvalue weighted by atomic mass is 9.87. The Kier molecular flexibility index (Phi) is 2.52. The maximum atomic E-state index is 13.2. The Hall–Kier alpha value is -1.90. The molecule has 1 N–H and O–H groups in total. The maximum Gasteiger partial charge on any atom is 0.123 e. The van der Waals surface area contributed by atoms with Gasteiger partial charge in [-0.2, -0.15) is 0 Å². The van der Waals surface area contributed by atoms with Crippen molar-refractivity contribution in [2.24, 2.45) is 0 Å². The Balaban J connectivity index is 2.05. The van der Waals surface area contributed by atoms with Gasteiger partial charge in [-0.3, -0.25) is 0 Å². The van der Waals surface area contributed by atoms with Gasteiger partial charge in [-0.15, -0.1) is 0 Å². The molecule has 1 aromatic carbocycles. The van der Waals surface area contributed by atoms with E-state index < -0.39 is 0 Å². The Morgan fingerprint density at radius 3 is 3.06 bits per heavy atom. The van der Waals surface area contributed by atoms with E-state index in [0.717, 1.165) is 30.5 Å². The van der Waals surface area contributed by atoms with Gasteiger partial charge in [0.25, 0.3) is 0 Å². The summed E-state index contributed by atoms with van der Waals surface area (Å²) in [5, 5.41) is 0. The van der Waals surface area contributed by atoms with Gasteiger partial charge in [0, 0.05) is 0 Å². The zero-order valence-corrected chi connectivity index (χ0v) is 9.41. The molecular weight excluding hydrogens is 215 g/mol. The lowest BCUT2D eigenvalue weighted by molar-refractivity contribution is 0.623. The molecule has 1 aromatic heterocycles. The van der Waals surface area contributed by atoms with Crippen LogP contribution in [-0.2, 0) is 6.42 Å². The quantitative estimate of drug-likeness (QED) is 0.796. The highest BCUT2D eigenvalue weighted by Gasteiger charge is 2.14. The van der Waals surface area contributed by atoms with Gasteiger partial charge in [-0.25, -0.2) is 9.37 Å². The average molecular weight is 228 g/mol. The molecule has 0 aliphatic heterocycles. The van der Waals surface area contributed by atoms with Crippen molar-refractivity contribution in [1.29, 1.82) is 0 Å². The lowest BCUT2D eigenvalue weighted by Crippen LogP contribution is -2.02. The predicted molar refractivity (Wildman–Crippen MR) is 65.8 cm³/mol. The molecule has 0 fully saturated rings. The third-order valence-corrected chi connectivity index (χ3v) is 3.15. The highest BCUT2D eigenvalue weighted by atomic mass is 19.1. The van der Waals surface area contributed by atoms with Crippen molar-refractivity contribution in [2.75, 3.05) is 0 Å². The molecule has 1 aliphatic carbocycles. The van der Waals surface area contributed by atoms with Crippen LogP contribution in [0.3, 0.4) is 0 Å². The number of nitrogens with zero attached hydrogens (tertiary/aromatic N) is 1. The monoisotopic (exact) mass is 228 g/mol.